The topological polar surface area (TPSA) is 85.1 Å². The van der Waals surface area contributed by atoms with Crippen LogP contribution in [0.5, 0.6) is 0 Å². The van der Waals surface area contributed by atoms with Gasteiger partial charge in [-0.25, -0.2) is 4.98 Å². The number of primary amides is 1. The summed E-state index contributed by atoms with van der Waals surface area (Å²) in [5.74, 6) is 2.04. The fourth-order valence-electron chi connectivity index (χ4n) is 2.21. The zero-order valence-corrected chi connectivity index (χ0v) is 17.6. The van der Waals surface area contributed by atoms with Crippen molar-refractivity contribution in [2.24, 2.45) is 5.73 Å². The molecule has 2 rings (SSSR count). The molecular formula is C21H27N3O2Si. The van der Waals surface area contributed by atoms with Crippen molar-refractivity contribution in [3.8, 4) is 11.5 Å². The van der Waals surface area contributed by atoms with E-state index in [0.717, 1.165) is 10.9 Å². The summed E-state index contributed by atoms with van der Waals surface area (Å²) in [6, 6.07) is 10.1. The highest BCUT2D eigenvalue weighted by molar-refractivity contribution is 6.87. The predicted molar refractivity (Wildman–Crippen MR) is 112 cm³/mol. The van der Waals surface area contributed by atoms with Crippen LogP contribution in [-0.2, 0) is 4.79 Å². The Morgan fingerprint density at radius 2 is 1.85 bits per heavy atom. The highest BCUT2D eigenvalue weighted by atomic mass is 28.3. The van der Waals surface area contributed by atoms with Gasteiger partial charge in [0.15, 0.2) is 0 Å². The lowest BCUT2D eigenvalue weighted by Crippen LogP contribution is -2.44. The maximum absolute atomic E-state index is 12.5. The van der Waals surface area contributed by atoms with E-state index in [2.05, 4.69) is 55.6 Å². The third kappa shape index (κ3) is 5.17. The SMILES string of the molecule is CC(C)(C)[Si](C)(C)C#CC[C@H](NC(=O)c1ccc2ccccc2n1)C(N)=O. The van der Waals surface area contributed by atoms with E-state index in [9.17, 15) is 9.59 Å². The van der Waals surface area contributed by atoms with Crippen molar-refractivity contribution < 1.29 is 9.59 Å². The minimum Gasteiger partial charge on any atom is -0.368 e. The Kier molecular flexibility index (Phi) is 6.07. The standard InChI is InChI=1S/C21H27N3O2Si/c1-21(2,3)27(4,5)14-8-11-17(19(22)25)24-20(26)18-13-12-15-9-6-7-10-16(15)23-18/h6-7,9-10,12-13,17H,11H2,1-5H3,(H2,22,25)(H,24,26)/t17-/m0/s1. The number of carbonyl (C=O) groups is 2. The summed E-state index contributed by atoms with van der Waals surface area (Å²) in [6.45, 7) is 10.9. The number of nitrogens with two attached hydrogens (primary N) is 1. The van der Waals surface area contributed by atoms with Gasteiger partial charge in [0.25, 0.3) is 5.91 Å². The van der Waals surface area contributed by atoms with Gasteiger partial charge in [0.05, 0.1) is 5.52 Å². The second-order valence-electron chi connectivity index (χ2n) is 8.20. The van der Waals surface area contributed by atoms with E-state index in [4.69, 9.17) is 5.73 Å². The molecule has 0 unspecified atom stereocenters. The average Bonchev–Trinajstić information content (AvgIpc) is 2.59. The molecule has 0 bridgehead atoms. The molecule has 1 atom stereocenters. The lowest BCUT2D eigenvalue weighted by atomic mass is 10.1. The van der Waals surface area contributed by atoms with Crippen molar-refractivity contribution in [2.75, 3.05) is 0 Å². The minimum absolute atomic E-state index is 0.125. The molecule has 1 aromatic carbocycles. The van der Waals surface area contributed by atoms with Crippen molar-refractivity contribution >= 4 is 30.8 Å². The predicted octanol–water partition coefficient (Wildman–Crippen LogP) is 3.26. The molecule has 0 saturated heterocycles. The molecule has 3 N–H and O–H groups in total. The largest absolute Gasteiger partial charge is 0.368 e. The van der Waals surface area contributed by atoms with E-state index in [1.165, 1.54) is 0 Å². The quantitative estimate of drug-likeness (QED) is 0.630. The Hall–Kier alpha value is -2.65. The number of nitrogens with zero attached hydrogens (tertiary/aromatic N) is 1. The summed E-state index contributed by atoms with van der Waals surface area (Å²) in [5, 5.41) is 3.73. The van der Waals surface area contributed by atoms with Crippen LogP contribution in [0.15, 0.2) is 36.4 Å². The summed E-state index contributed by atoms with van der Waals surface area (Å²) < 4.78 is 0. The molecule has 0 aliphatic rings. The van der Waals surface area contributed by atoms with Crippen molar-refractivity contribution in [1.29, 1.82) is 0 Å². The van der Waals surface area contributed by atoms with E-state index in [1.807, 2.05) is 30.3 Å². The number of pyridine rings is 1. The van der Waals surface area contributed by atoms with Crippen LogP contribution in [0, 0.1) is 11.5 Å². The monoisotopic (exact) mass is 381 g/mol. The summed E-state index contributed by atoms with van der Waals surface area (Å²) in [5.41, 5.74) is 9.76. The molecule has 0 saturated carbocycles. The van der Waals surface area contributed by atoms with Crippen molar-refractivity contribution in [3.05, 3.63) is 42.1 Å². The first-order chi connectivity index (χ1) is 12.5. The van der Waals surface area contributed by atoms with Crippen molar-refractivity contribution in [1.82, 2.24) is 10.3 Å². The van der Waals surface area contributed by atoms with Gasteiger partial charge in [0.2, 0.25) is 5.91 Å². The van der Waals surface area contributed by atoms with Gasteiger partial charge < -0.3 is 11.1 Å². The molecule has 27 heavy (non-hydrogen) atoms. The lowest BCUT2D eigenvalue weighted by molar-refractivity contribution is -0.119. The fourth-order valence-corrected chi connectivity index (χ4v) is 3.13. The smallest absolute Gasteiger partial charge is 0.270 e. The number of rotatable bonds is 4. The third-order valence-corrected chi connectivity index (χ3v) is 9.61. The number of fused-ring (bicyclic) bond motifs is 1. The number of amides is 2. The van der Waals surface area contributed by atoms with E-state index in [0.29, 0.717) is 0 Å². The van der Waals surface area contributed by atoms with Gasteiger partial charge >= 0.3 is 0 Å². The molecule has 0 fully saturated rings. The van der Waals surface area contributed by atoms with Crippen LogP contribution >= 0.6 is 0 Å². The van der Waals surface area contributed by atoms with Crippen LogP contribution in [0.2, 0.25) is 18.1 Å². The molecule has 0 radical (unpaired) electrons. The maximum atomic E-state index is 12.5. The molecule has 6 heteroatoms. The minimum atomic E-state index is -1.78. The number of carbonyl (C=O) groups excluding carboxylic acids is 2. The summed E-state index contributed by atoms with van der Waals surface area (Å²) in [4.78, 5) is 28.6. The molecule has 2 amide bonds. The van der Waals surface area contributed by atoms with E-state index in [-0.39, 0.29) is 17.2 Å². The number of hydrogen-bond acceptors (Lipinski definition) is 3. The van der Waals surface area contributed by atoms with E-state index in [1.54, 1.807) is 6.07 Å². The molecule has 5 nitrogen and oxygen atoms in total. The van der Waals surface area contributed by atoms with Gasteiger partial charge in [-0.05, 0) is 17.2 Å². The number of para-hydroxylation sites is 1. The zero-order valence-electron chi connectivity index (χ0n) is 16.6. The molecule has 1 aromatic heterocycles. The van der Waals surface area contributed by atoms with E-state index >= 15 is 0 Å². The van der Waals surface area contributed by atoms with Crippen LogP contribution < -0.4 is 11.1 Å². The summed E-state index contributed by atoms with van der Waals surface area (Å²) >= 11 is 0. The molecule has 142 valence electrons. The first kappa shape index (κ1) is 20.7. The van der Waals surface area contributed by atoms with Crippen LogP contribution in [-0.4, -0.2) is 30.9 Å². The van der Waals surface area contributed by atoms with Crippen LogP contribution in [0.1, 0.15) is 37.7 Å². The highest BCUT2D eigenvalue weighted by Gasteiger charge is 2.33. The maximum Gasteiger partial charge on any atom is 0.270 e. The van der Waals surface area contributed by atoms with Gasteiger partial charge in [-0.2, -0.15) is 0 Å². The number of hydrogen-bond donors (Lipinski definition) is 2. The van der Waals surface area contributed by atoms with Gasteiger partial charge in [-0.3, -0.25) is 9.59 Å². The van der Waals surface area contributed by atoms with Crippen molar-refractivity contribution in [3.63, 3.8) is 0 Å². The molecule has 0 spiro atoms. The third-order valence-electron chi connectivity index (χ3n) is 5.06. The second-order valence-corrected chi connectivity index (χ2v) is 13.2. The first-order valence-electron chi connectivity index (χ1n) is 8.97. The van der Waals surface area contributed by atoms with Crippen LogP contribution in [0.4, 0.5) is 0 Å². The Labute approximate surface area is 161 Å². The number of benzene rings is 1. The Morgan fingerprint density at radius 3 is 2.48 bits per heavy atom. The van der Waals surface area contributed by atoms with Crippen molar-refractivity contribution in [2.45, 2.75) is 51.4 Å². The van der Waals surface area contributed by atoms with Gasteiger partial charge in [0, 0.05) is 11.8 Å². The normalized spacial score (nSPS) is 12.8. The second kappa shape index (κ2) is 7.93. The number of aromatic nitrogens is 1. The first-order valence-corrected chi connectivity index (χ1v) is 12.0. The fraction of sp³-hybridized carbons (Fsp3) is 0.381. The molecule has 1 heterocycles. The zero-order chi connectivity index (χ0) is 20.2. The molecule has 0 aliphatic heterocycles. The molecule has 2 aromatic rings. The van der Waals surface area contributed by atoms with Gasteiger partial charge in [-0.1, -0.05) is 58.1 Å². The Balaban J connectivity index is 2.13. The average molecular weight is 382 g/mol. The molecular weight excluding hydrogens is 354 g/mol. The van der Waals surface area contributed by atoms with Crippen LogP contribution in [0.25, 0.3) is 10.9 Å². The van der Waals surface area contributed by atoms with Gasteiger partial charge in [-0.15, -0.1) is 11.5 Å². The summed E-state index contributed by atoms with van der Waals surface area (Å²) in [7, 11) is -1.78. The lowest BCUT2D eigenvalue weighted by Gasteiger charge is -2.31. The highest BCUT2D eigenvalue weighted by Crippen LogP contribution is 2.35. The van der Waals surface area contributed by atoms with Crippen LogP contribution in [0.3, 0.4) is 0 Å². The Bertz CT molecular complexity index is 920. The van der Waals surface area contributed by atoms with E-state index < -0.39 is 25.9 Å². The molecule has 0 aliphatic carbocycles. The van der Waals surface area contributed by atoms with Gasteiger partial charge in [0.1, 0.15) is 19.8 Å². The number of nitrogens with one attached hydrogen (secondary N) is 1. The summed E-state index contributed by atoms with van der Waals surface area (Å²) in [6.07, 6.45) is 0.196. The Morgan fingerprint density at radius 1 is 1.19 bits per heavy atom.